The van der Waals surface area contributed by atoms with Gasteiger partial charge in [0, 0.05) is 5.56 Å². The standard InChI is InChI=1S/C12H12N2O2/c1-10(13-15)12(14-16-2)9-8-11-6-4-3-5-7-11/h3-7,15H,1-2H3. The molecule has 0 spiro atoms. The Balaban J connectivity index is 2.94. The third-order valence-electron chi connectivity index (χ3n) is 1.77. The Morgan fingerprint density at radius 2 is 2.00 bits per heavy atom. The Bertz CT molecular complexity index is 453. The van der Waals surface area contributed by atoms with E-state index in [4.69, 9.17) is 5.21 Å². The largest absolute Gasteiger partial charge is 0.411 e. The molecule has 1 aromatic carbocycles. The maximum Gasteiger partial charge on any atom is 0.177 e. The van der Waals surface area contributed by atoms with Crippen molar-refractivity contribution >= 4 is 11.4 Å². The Labute approximate surface area is 94.2 Å². The van der Waals surface area contributed by atoms with Crippen molar-refractivity contribution in [2.45, 2.75) is 6.92 Å². The van der Waals surface area contributed by atoms with Crippen molar-refractivity contribution in [1.82, 2.24) is 0 Å². The molecule has 0 aliphatic heterocycles. The lowest BCUT2D eigenvalue weighted by Crippen LogP contribution is -2.08. The van der Waals surface area contributed by atoms with Gasteiger partial charge in [0.15, 0.2) is 5.71 Å². The molecule has 82 valence electrons. The zero-order chi connectivity index (χ0) is 11.8. The highest BCUT2D eigenvalue weighted by Gasteiger charge is 2.00. The maximum absolute atomic E-state index is 8.61. The van der Waals surface area contributed by atoms with Crippen molar-refractivity contribution < 1.29 is 10.0 Å². The first-order chi connectivity index (χ1) is 7.77. The van der Waals surface area contributed by atoms with Gasteiger partial charge in [0.1, 0.15) is 12.8 Å². The van der Waals surface area contributed by atoms with Gasteiger partial charge in [0.25, 0.3) is 0 Å². The number of nitrogens with zero attached hydrogens (tertiary/aromatic N) is 2. The number of hydrogen-bond donors (Lipinski definition) is 1. The zero-order valence-corrected chi connectivity index (χ0v) is 9.14. The van der Waals surface area contributed by atoms with Gasteiger partial charge >= 0.3 is 0 Å². The van der Waals surface area contributed by atoms with Gasteiger partial charge in [-0.2, -0.15) is 0 Å². The first kappa shape index (κ1) is 11.8. The summed E-state index contributed by atoms with van der Waals surface area (Å²) in [5.74, 6) is 5.66. The Hall–Kier alpha value is -2.28. The number of rotatable bonds is 2. The molecule has 0 aliphatic rings. The summed E-state index contributed by atoms with van der Waals surface area (Å²) >= 11 is 0. The summed E-state index contributed by atoms with van der Waals surface area (Å²) in [7, 11) is 1.41. The first-order valence-electron chi connectivity index (χ1n) is 4.65. The van der Waals surface area contributed by atoms with E-state index in [-0.39, 0.29) is 0 Å². The van der Waals surface area contributed by atoms with E-state index in [0.29, 0.717) is 11.4 Å². The van der Waals surface area contributed by atoms with E-state index in [1.807, 2.05) is 30.3 Å². The van der Waals surface area contributed by atoms with Crippen molar-refractivity contribution in [3.05, 3.63) is 35.9 Å². The lowest BCUT2D eigenvalue weighted by atomic mass is 10.2. The van der Waals surface area contributed by atoms with Crippen molar-refractivity contribution in [1.29, 1.82) is 0 Å². The smallest absolute Gasteiger partial charge is 0.177 e. The normalized spacial score (nSPS) is 11.6. The van der Waals surface area contributed by atoms with E-state index in [2.05, 4.69) is 27.0 Å². The fraction of sp³-hybridized carbons (Fsp3) is 0.167. The Kier molecular flexibility index (Phi) is 4.61. The Morgan fingerprint density at radius 3 is 2.56 bits per heavy atom. The first-order valence-corrected chi connectivity index (χ1v) is 4.65. The summed E-state index contributed by atoms with van der Waals surface area (Å²) in [6.45, 7) is 1.59. The van der Waals surface area contributed by atoms with Gasteiger partial charge in [0.2, 0.25) is 0 Å². The predicted octanol–water partition coefficient (Wildman–Crippen LogP) is 1.89. The predicted molar refractivity (Wildman–Crippen MR) is 62.7 cm³/mol. The van der Waals surface area contributed by atoms with Gasteiger partial charge in [-0.15, -0.1) is 0 Å². The van der Waals surface area contributed by atoms with Crippen LogP contribution >= 0.6 is 0 Å². The van der Waals surface area contributed by atoms with Crippen LogP contribution in [-0.2, 0) is 4.84 Å². The maximum atomic E-state index is 8.61. The van der Waals surface area contributed by atoms with E-state index in [1.54, 1.807) is 6.92 Å². The van der Waals surface area contributed by atoms with Gasteiger partial charge in [-0.1, -0.05) is 34.4 Å². The van der Waals surface area contributed by atoms with E-state index in [1.165, 1.54) is 7.11 Å². The molecule has 0 unspecified atom stereocenters. The van der Waals surface area contributed by atoms with Gasteiger partial charge < -0.3 is 10.0 Å². The van der Waals surface area contributed by atoms with Crippen LogP contribution in [-0.4, -0.2) is 23.7 Å². The molecule has 1 rings (SSSR count). The molecule has 1 N–H and O–H groups in total. The lowest BCUT2D eigenvalue weighted by molar-refractivity contribution is 0.214. The molecule has 0 amide bonds. The summed E-state index contributed by atoms with van der Waals surface area (Å²) in [4.78, 5) is 4.61. The van der Waals surface area contributed by atoms with Crippen LogP contribution in [0.4, 0.5) is 0 Å². The molecule has 0 saturated heterocycles. The average Bonchev–Trinajstić information content (AvgIpc) is 2.34. The van der Waals surface area contributed by atoms with Crippen molar-refractivity contribution in [3.8, 4) is 11.8 Å². The SMILES string of the molecule is CON=C(C#Cc1ccccc1)C(C)=NO. The second-order valence-electron chi connectivity index (χ2n) is 2.92. The summed E-state index contributed by atoms with van der Waals surface area (Å²) in [5.41, 5.74) is 1.47. The van der Waals surface area contributed by atoms with Crippen molar-refractivity contribution in [2.75, 3.05) is 7.11 Å². The minimum atomic E-state index is 0.300. The number of oxime groups is 2. The molecule has 0 heterocycles. The van der Waals surface area contributed by atoms with Gasteiger partial charge in [-0.3, -0.25) is 0 Å². The molecule has 0 bridgehead atoms. The molecule has 0 fully saturated rings. The fourth-order valence-electron chi connectivity index (χ4n) is 0.971. The molecule has 0 saturated carbocycles. The molecule has 16 heavy (non-hydrogen) atoms. The quantitative estimate of drug-likeness (QED) is 0.355. The summed E-state index contributed by atoms with van der Waals surface area (Å²) in [6.07, 6.45) is 0. The average molecular weight is 216 g/mol. The van der Waals surface area contributed by atoms with Crippen LogP contribution in [0.3, 0.4) is 0 Å². The highest BCUT2D eigenvalue weighted by atomic mass is 16.6. The van der Waals surface area contributed by atoms with Crippen LogP contribution in [0.2, 0.25) is 0 Å². The highest BCUT2D eigenvalue weighted by molar-refractivity contribution is 6.47. The second-order valence-corrected chi connectivity index (χ2v) is 2.92. The molecule has 0 radical (unpaired) electrons. The molecular weight excluding hydrogens is 204 g/mol. The molecule has 1 aromatic rings. The molecule has 4 nitrogen and oxygen atoms in total. The third-order valence-corrected chi connectivity index (χ3v) is 1.77. The monoisotopic (exact) mass is 216 g/mol. The van der Waals surface area contributed by atoms with E-state index in [0.717, 1.165) is 5.56 Å². The number of benzene rings is 1. The van der Waals surface area contributed by atoms with Crippen LogP contribution in [0.5, 0.6) is 0 Å². The lowest BCUT2D eigenvalue weighted by Gasteiger charge is -1.94. The molecule has 0 atom stereocenters. The van der Waals surface area contributed by atoms with E-state index >= 15 is 0 Å². The van der Waals surface area contributed by atoms with Crippen LogP contribution in [0.25, 0.3) is 0 Å². The van der Waals surface area contributed by atoms with Crippen LogP contribution in [0.15, 0.2) is 40.6 Å². The molecule has 0 aromatic heterocycles. The van der Waals surface area contributed by atoms with Gasteiger partial charge in [-0.25, -0.2) is 0 Å². The summed E-state index contributed by atoms with van der Waals surface area (Å²) in [5, 5.41) is 15.3. The second kappa shape index (κ2) is 6.25. The van der Waals surface area contributed by atoms with Crippen LogP contribution in [0, 0.1) is 11.8 Å². The van der Waals surface area contributed by atoms with Gasteiger partial charge in [0.05, 0.1) is 0 Å². The van der Waals surface area contributed by atoms with Crippen LogP contribution in [0.1, 0.15) is 12.5 Å². The molecular formula is C12H12N2O2. The summed E-state index contributed by atoms with van der Waals surface area (Å²) in [6, 6.07) is 9.45. The number of hydrogen-bond acceptors (Lipinski definition) is 4. The van der Waals surface area contributed by atoms with Crippen molar-refractivity contribution in [3.63, 3.8) is 0 Å². The van der Waals surface area contributed by atoms with Crippen LogP contribution < -0.4 is 0 Å². The minimum Gasteiger partial charge on any atom is -0.411 e. The molecule has 0 aliphatic carbocycles. The van der Waals surface area contributed by atoms with E-state index in [9.17, 15) is 0 Å². The minimum absolute atomic E-state index is 0.300. The van der Waals surface area contributed by atoms with Gasteiger partial charge in [-0.05, 0) is 25.0 Å². The summed E-state index contributed by atoms with van der Waals surface area (Å²) < 4.78 is 0. The zero-order valence-electron chi connectivity index (χ0n) is 9.14. The Morgan fingerprint density at radius 1 is 1.31 bits per heavy atom. The topological polar surface area (TPSA) is 54.2 Å². The third kappa shape index (κ3) is 3.46. The molecule has 4 heteroatoms. The highest BCUT2D eigenvalue weighted by Crippen LogP contribution is 1.95. The van der Waals surface area contributed by atoms with E-state index < -0.39 is 0 Å². The van der Waals surface area contributed by atoms with Crippen molar-refractivity contribution in [2.24, 2.45) is 10.3 Å². The fourth-order valence-corrected chi connectivity index (χ4v) is 0.971.